The van der Waals surface area contributed by atoms with Gasteiger partial charge in [-0.25, -0.2) is 0 Å². The molecule has 1 aromatic rings. The monoisotopic (exact) mass is 275 g/mol. The average Bonchev–Trinajstić information content (AvgIpc) is 2.35. The number of ether oxygens (including phenoxy) is 1. The summed E-state index contributed by atoms with van der Waals surface area (Å²) in [6, 6.07) is 8.84. The molecule has 0 spiro atoms. The molecule has 0 bridgehead atoms. The summed E-state index contributed by atoms with van der Waals surface area (Å²) in [7, 11) is 0. The van der Waals surface area contributed by atoms with Crippen molar-refractivity contribution in [1.29, 1.82) is 0 Å². The van der Waals surface area contributed by atoms with E-state index in [0.717, 1.165) is 12.3 Å². The van der Waals surface area contributed by atoms with E-state index in [9.17, 15) is 0 Å². The Balaban J connectivity index is 2.77. The van der Waals surface area contributed by atoms with Crippen molar-refractivity contribution < 1.29 is 4.74 Å². The quantitative estimate of drug-likeness (QED) is 0.790. The van der Waals surface area contributed by atoms with Crippen LogP contribution < -0.4 is 10.1 Å². The van der Waals surface area contributed by atoms with E-state index in [1.165, 1.54) is 11.1 Å². The van der Waals surface area contributed by atoms with Crippen LogP contribution in [0.5, 0.6) is 5.75 Å². The Kier molecular flexibility index (Phi) is 6.80. The van der Waals surface area contributed by atoms with Crippen LogP contribution in [-0.4, -0.2) is 18.7 Å². The topological polar surface area (TPSA) is 21.3 Å². The zero-order valence-electron chi connectivity index (χ0n) is 13.7. The number of nitrogens with one attached hydrogen (secondary N) is 1. The second-order valence-electron chi connectivity index (χ2n) is 6.15. The molecule has 0 saturated carbocycles. The van der Waals surface area contributed by atoms with Crippen LogP contribution in [0.2, 0.25) is 0 Å². The minimum atomic E-state index is 0.220. The van der Waals surface area contributed by atoms with Gasteiger partial charge in [-0.2, -0.15) is 0 Å². The fourth-order valence-electron chi connectivity index (χ4n) is 1.87. The fraction of sp³-hybridized carbons (Fsp3) is 0.556. The highest BCUT2D eigenvalue weighted by Gasteiger charge is 2.05. The lowest BCUT2D eigenvalue weighted by Crippen LogP contribution is -2.26. The Morgan fingerprint density at radius 2 is 1.65 bits per heavy atom. The van der Waals surface area contributed by atoms with E-state index in [4.69, 9.17) is 4.74 Å². The maximum absolute atomic E-state index is 5.67. The Hall–Kier alpha value is -1.28. The van der Waals surface area contributed by atoms with Crippen molar-refractivity contribution in [1.82, 2.24) is 5.32 Å². The highest BCUT2D eigenvalue weighted by molar-refractivity contribution is 5.54. The minimum absolute atomic E-state index is 0.220. The second-order valence-corrected chi connectivity index (χ2v) is 6.15. The SMILES string of the molecule is CC(C)NCC(=Cc1ccc(OC(C)C)cc1)C(C)C. The van der Waals surface area contributed by atoms with Crippen LogP contribution in [0.25, 0.3) is 6.08 Å². The molecule has 0 aromatic heterocycles. The fourth-order valence-corrected chi connectivity index (χ4v) is 1.87. The third-order valence-electron chi connectivity index (χ3n) is 3.06. The number of rotatable bonds is 7. The predicted octanol–water partition coefficient (Wildman–Crippen LogP) is 4.51. The summed E-state index contributed by atoms with van der Waals surface area (Å²) < 4.78 is 5.67. The van der Waals surface area contributed by atoms with Gasteiger partial charge in [0.1, 0.15) is 5.75 Å². The summed E-state index contributed by atoms with van der Waals surface area (Å²) in [4.78, 5) is 0. The molecule has 112 valence electrons. The van der Waals surface area contributed by atoms with E-state index in [1.54, 1.807) is 0 Å². The molecule has 20 heavy (non-hydrogen) atoms. The van der Waals surface area contributed by atoms with Gasteiger partial charge in [-0.15, -0.1) is 0 Å². The first kappa shape index (κ1) is 16.8. The number of hydrogen-bond acceptors (Lipinski definition) is 2. The van der Waals surface area contributed by atoms with E-state index in [0.29, 0.717) is 12.0 Å². The van der Waals surface area contributed by atoms with E-state index < -0.39 is 0 Å². The lowest BCUT2D eigenvalue weighted by Gasteiger charge is -2.15. The molecule has 0 saturated heterocycles. The summed E-state index contributed by atoms with van der Waals surface area (Å²) >= 11 is 0. The van der Waals surface area contributed by atoms with Gasteiger partial charge in [0.25, 0.3) is 0 Å². The third-order valence-corrected chi connectivity index (χ3v) is 3.06. The largest absolute Gasteiger partial charge is 0.491 e. The normalized spacial score (nSPS) is 12.6. The van der Waals surface area contributed by atoms with Gasteiger partial charge in [0.2, 0.25) is 0 Å². The Bertz CT molecular complexity index is 416. The van der Waals surface area contributed by atoms with Gasteiger partial charge >= 0.3 is 0 Å². The van der Waals surface area contributed by atoms with E-state index >= 15 is 0 Å². The Morgan fingerprint density at radius 1 is 1.05 bits per heavy atom. The van der Waals surface area contributed by atoms with E-state index in [-0.39, 0.29) is 6.10 Å². The number of hydrogen-bond donors (Lipinski definition) is 1. The first-order valence-corrected chi connectivity index (χ1v) is 7.59. The zero-order chi connectivity index (χ0) is 15.1. The summed E-state index contributed by atoms with van der Waals surface area (Å²) in [6.45, 7) is 13.9. The van der Waals surface area contributed by atoms with E-state index in [2.05, 4.69) is 51.2 Å². The van der Waals surface area contributed by atoms with E-state index in [1.807, 2.05) is 26.0 Å². The van der Waals surface area contributed by atoms with Crippen LogP contribution in [0, 0.1) is 5.92 Å². The van der Waals surface area contributed by atoms with Crippen LogP contribution >= 0.6 is 0 Å². The van der Waals surface area contributed by atoms with Crippen LogP contribution in [0.15, 0.2) is 29.8 Å². The number of benzene rings is 1. The Labute approximate surface area is 124 Å². The first-order chi connectivity index (χ1) is 9.38. The summed E-state index contributed by atoms with van der Waals surface area (Å²) in [5.41, 5.74) is 2.66. The molecule has 0 unspecified atom stereocenters. The highest BCUT2D eigenvalue weighted by atomic mass is 16.5. The average molecular weight is 275 g/mol. The first-order valence-electron chi connectivity index (χ1n) is 7.59. The molecule has 1 aromatic carbocycles. The van der Waals surface area contributed by atoms with Crippen LogP contribution in [0.4, 0.5) is 0 Å². The van der Waals surface area contributed by atoms with Gasteiger partial charge in [0, 0.05) is 12.6 Å². The molecule has 0 atom stereocenters. The molecular weight excluding hydrogens is 246 g/mol. The van der Waals surface area contributed by atoms with Crippen molar-refractivity contribution in [3.8, 4) is 5.75 Å². The molecule has 0 aliphatic carbocycles. The van der Waals surface area contributed by atoms with Crippen LogP contribution in [0.3, 0.4) is 0 Å². The third kappa shape index (κ3) is 6.25. The standard InChI is InChI=1S/C18H29NO/c1-13(2)17(12-19-14(3)4)11-16-7-9-18(10-8-16)20-15(5)6/h7-11,13-15,19H,12H2,1-6H3. The van der Waals surface area contributed by atoms with Crippen LogP contribution in [0.1, 0.15) is 47.1 Å². The van der Waals surface area contributed by atoms with Crippen molar-refractivity contribution >= 4 is 6.08 Å². The minimum Gasteiger partial charge on any atom is -0.491 e. The maximum atomic E-state index is 5.67. The van der Waals surface area contributed by atoms with Crippen molar-refractivity contribution in [2.75, 3.05) is 6.54 Å². The van der Waals surface area contributed by atoms with Gasteiger partial charge < -0.3 is 10.1 Å². The zero-order valence-corrected chi connectivity index (χ0v) is 13.7. The molecule has 2 nitrogen and oxygen atoms in total. The van der Waals surface area contributed by atoms with Crippen molar-refractivity contribution in [3.05, 3.63) is 35.4 Å². The smallest absolute Gasteiger partial charge is 0.119 e. The van der Waals surface area contributed by atoms with Gasteiger partial charge in [0.05, 0.1) is 6.10 Å². The van der Waals surface area contributed by atoms with Gasteiger partial charge in [0.15, 0.2) is 0 Å². The molecule has 1 N–H and O–H groups in total. The van der Waals surface area contributed by atoms with Gasteiger partial charge in [-0.05, 0) is 37.5 Å². The molecule has 1 rings (SSSR count). The lowest BCUT2D eigenvalue weighted by molar-refractivity contribution is 0.242. The molecule has 0 amide bonds. The molecule has 2 heteroatoms. The molecule has 0 heterocycles. The van der Waals surface area contributed by atoms with Crippen LogP contribution in [-0.2, 0) is 0 Å². The summed E-state index contributed by atoms with van der Waals surface area (Å²) in [5.74, 6) is 1.48. The lowest BCUT2D eigenvalue weighted by atomic mass is 10.00. The highest BCUT2D eigenvalue weighted by Crippen LogP contribution is 2.18. The van der Waals surface area contributed by atoms with Gasteiger partial charge in [-0.1, -0.05) is 51.5 Å². The van der Waals surface area contributed by atoms with Crippen molar-refractivity contribution in [3.63, 3.8) is 0 Å². The summed E-state index contributed by atoms with van der Waals surface area (Å²) in [5, 5.41) is 3.49. The molecule has 0 radical (unpaired) electrons. The summed E-state index contributed by atoms with van der Waals surface area (Å²) in [6.07, 6.45) is 2.50. The maximum Gasteiger partial charge on any atom is 0.119 e. The molecular formula is C18H29NO. The predicted molar refractivity (Wildman–Crippen MR) is 88.2 cm³/mol. The van der Waals surface area contributed by atoms with Crippen molar-refractivity contribution in [2.45, 2.75) is 53.7 Å². The van der Waals surface area contributed by atoms with Crippen molar-refractivity contribution in [2.24, 2.45) is 5.92 Å². The Morgan fingerprint density at radius 3 is 2.10 bits per heavy atom. The molecule has 0 aliphatic rings. The molecule has 0 fully saturated rings. The second kappa shape index (κ2) is 8.11. The van der Waals surface area contributed by atoms with Gasteiger partial charge in [-0.3, -0.25) is 0 Å². The molecule has 0 aliphatic heterocycles.